The first-order valence-electron chi connectivity index (χ1n) is 15.1. The number of hydrogen-bond acceptors (Lipinski definition) is 4. The van der Waals surface area contributed by atoms with Gasteiger partial charge in [0.2, 0.25) is 0 Å². The number of piperidine rings is 1. The van der Waals surface area contributed by atoms with Gasteiger partial charge < -0.3 is 15.1 Å². The average molecular weight is 537 g/mol. The monoisotopic (exact) mass is 536 g/mol. The van der Waals surface area contributed by atoms with Crippen molar-refractivity contribution < 1.29 is 19.4 Å². The second kappa shape index (κ2) is 12.9. The molecule has 2 N–H and O–H groups in total. The Balaban J connectivity index is 1.19. The van der Waals surface area contributed by atoms with Crippen LogP contribution >= 0.6 is 0 Å². The molecule has 3 fully saturated rings. The Kier molecular flexibility index (Phi) is 9.36. The first-order chi connectivity index (χ1) is 18.9. The summed E-state index contributed by atoms with van der Waals surface area (Å²) in [7, 11) is 0. The highest BCUT2D eigenvalue weighted by molar-refractivity contribution is 5.74. The van der Waals surface area contributed by atoms with Crippen LogP contribution in [0.4, 0.5) is 4.39 Å². The Labute approximate surface area is 233 Å². The van der Waals surface area contributed by atoms with Crippen molar-refractivity contribution in [2.75, 3.05) is 32.7 Å². The number of rotatable bonds is 10. The number of carboxylic acids is 1. The molecule has 1 aliphatic carbocycles. The van der Waals surface area contributed by atoms with Crippen molar-refractivity contribution in [1.82, 2.24) is 9.80 Å². The first-order valence-corrected chi connectivity index (χ1v) is 15.1. The number of nitrogens with zero attached hydrogens (tertiary/aromatic N) is 2. The molecule has 2 aromatic rings. The minimum Gasteiger partial charge on any atom is -0.480 e. The number of hydrogen-bond donors (Lipinski definition) is 2. The summed E-state index contributed by atoms with van der Waals surface area (Å²) in [6.45, 7) is 4.32. The van der Waals surface area contributed by atoms with Gasteiger partial charge in [0.1, 0.15) is 11.9 Å². The quantitative estimate of drug-likeness (QED) is 0.406. The van der Waals surface area contributed by atoms with Crippen LogP contribution < -0.4 is 0 Å². The third-order valence-electron chi connectivity index (χ3n) is 9.74. The fourth-order valence-corrected chi connectivity index (χ4v) is 7.51. The number of carbonyl (C=O) groups is 1. The zero-order valence-electron chi connectivity index (χ0n) is 23.2. The summed E-state index contributed by atoms with van der Waals surface area (Å²) in [5, 5.41) is 21.5. The van der Waals surface area contributed by atoms with E-state index in [1.165, 1.54) is 24.1 Å². The fraction of sp³-hybridized carbons (Fsp3) is 0.606. The summed E-state index contributed by atoms with van der Waals surface area (Å²) in [5.41, 5.74) is 1.79. The van der Waals surface area contributed by atoms with Gasteiger partial charge >= 0.3 is 5.97 Å². The van der Waals surface area contributed by atoms with Gasteiger partial charge in [-0.15, -0.1) is 0 Å². The molecule has 6 heteroatoms. The number of aryl methyl sites for hydroxylation is 1. The summed E-state index contributed by atoms with van der Waals surface area (Å²) in [5.74, 6) is 0.0946. The van der Waals surface area contributed by atoms with Crippen LogP contribution in [0.2, 0.25) is 0 Å². The number of aliphatic hydroxyl groups is 1. The summed E-state index contributed by atoms with van der Waals surface area (Å²) in [4.78, 5) is 17.3. The van der Waals surface area contributed by atoms with Crippen molar-refractivity contribution in [3.8, 4) is 0 Å². The number of halogens is 1. The molecule has 2 saturated heterocycles. The van der Waals surface area contributed by atoms with Gasteiger partial charge in [-0.05, 0) is 80.0 Å². The Morgan fingerprint density at radius 2 is 1.67 bits per heavy atom. The summed E-state index contributed by atoms with van der Waals surface area (Å²) in [6.07, 6.45) is 9.63. The molecule has 3 aliphatic rings. The topological polar surface area (TPSA) is 64.0 Å². The molecule has 0 amide bonds. The molecule has 5 rings (SSSR count). The molecule has 0 unspecified atom stereocenters. The van der Waals surface area contributed by atoms with E-state index in [2.05, 4.69) is 40.1 Å². The normalized spacial score (nSPS) is 25.5. The molecular formula is C33H45FN2O3. The summed E-state index contributed by atoms with van der Waals surface area (Å²) in [6, 6.07) is 16.9. The van der Waals surface area contributed by atoms with E-state index in [1.807, 2.05) is 12.1 Å². The van der Waals surface area contributed by atoms with Gasteiger partial charge in [0.05, 0.1) is 5.60 Å². The van der Waals surface area contributed by atoms with E-state index in [0.717, 1.165) is 96.1 Å². The van der Waals surface area contributed by atoms with E-state index in [0.29, 0.717) is 11.8 Å². The zero-order chi connectivity index (χ0) is 27.2. The maximum atomic E-state index is 13.2. The van der Waals surface area contributed by atoms with Crippen molar-refractivity contribution in [2.24, 2.45) is 11.8 Å². The number of carboxylic acid groups (broad SMARTS) is 1. The van der Waals surface area contributed by atoms with E-state index in [9.17, 15) is 19.4 Å². The second-order valence-electron chi connectivity index (χ2n) is 12.4. The molecule has 2 aliphatic heterocycles. The van der Waals surface area contributed by atoms with Crippen LogP contribution in [0, 0.1) is 17.7 Å². The fourth-order valence-electron chi connectivity index (χ4n) is 7.51. The molecule has 39 heavy (non-hydrogen) atoms. The Bertz CT molecular complexity index is 1050. The minimum atomic E-state index is -0.655. The van der Waals surface area contributed by atoms with Crippen LogP contribution in [0.3, 0.4) is 0 Å². The SMILES string of the molecule is O=C(O)[C@@H](C1CCCCC1)N1C[C@H](CN2CCC(O)(CCCc3ccc(F)cc3)CC2)[C@@H](c2ccccc2)C1. The molecule has 5 nitrogen and oxygen atoms in total. The molecule has 1 saturated carbocycles. The Morgan fingerprint density at radius 1 is 0.974 bits per heavy atom. The highest BCUT2D eigenvalue weighted by Crippen LogP contribution is 2.39. The number of aliphatic carboxylic acids is 1. The molecule has 2 aromatic carbocycles. The van der Waals surface area contributed by atoms with Gasteiger partial charge in [0, 0.05) is 38.6 Å². The lowest BCUT2D eigenvalue weighted by Gasteiger charge is -2.40. The molecular weight excluding hydrogens is 491 g/mol. The Hall–Kier alpha value is -2.28. The van der Waals surface area contributed by atoms with Gasteiger partial charge in [-0.25, -0.2) is 4.39 Å². The van der Waals surface area contributed by atoms with Crippen molar-refractivity contribution in [3.63, 3.8) is 0 Å². The van der Waals surface area contributed by atoms with Gasteiger partial charge in [0.15, 0.2) is 0 Å². The first kappa shape index (κ1) is 28.3. The number of benzene rings is 2. The highest BCUT2D eigenvalue weighted by atomic mass is 19.1. The van der Waals surface area contributed by atoms with Crippen LogP contribution in [-0.2, 0) is 11.2 Å². The van der Waals surface area contributed by atoms with Crippen molar-refractivity contribution >= 4 is 5.97 Å². The molecule has 0 bridgehead atoms. The van der Waals surface area contributed by atoms with Crippen LogP contribution in [0.25, 0.3) is 0 Å². The van der Waals surface area contributed by atoms with Crippen molar-refractivity contribution in [3.05, 3.63) is 71.5 Å². The lowest BCUT2D eigenvalue weighted by Crippen LogP contribution is -2.47. The summed E-state index contributed by atoms with van der Waals surface area (Å²) < 4.78 is 13.2. The van der Waals surface area contributed by atoms with Crippen molar-refractivity contribution in [1.29, 1.82) is 0 Å². The second-order valence-corrected chi connectivity index (χ2v) is 12.4. The minimum absolute atomic E-state index is 0.211. The van der Waals surface area contributed by atoms with Gasteiger partial charge in [-0.3, -0.25) is 9.69 Å². The maximum Gasteiger partial charge on any atom is 0.321 e. The predicted molar refractivity (Wildman–Crippen MR) is 152 cm³/mol. The zero-order valence-corrected chi connectivity index (χ0v) is 23.2. The Morgan fingerprint density at radius 3 is 2.33 bits per heavy atom. The van der Waals surface area contributed by atoms with Gasteiger partial charge in [-0.1, -0.05) is 61.7 Å². The van der Waals surface area contributed by atoms with Gasteiger partial charge in [-0.2, -0.15) is 0 Å². The number of likely N-dealkylation sites (tertiary alicyclic amines) is 2. The van der Waals surface area contributed by atoms with Crippen molar-refractivity contribution in [2.45, 2.75) is 81.8 Å². The van der Waals surface area contributed by atoms with Crippen LogP contribution in [0.15, 0.2) is 54.6 Å². The predicted octanol–water partition coefficient (Wildman–Crippen LogP) is 5.72. The van der Waals surface area contributed by atoms with Crippen LogP contribution in [0.5, 0.6) is 0 Å². The molecule has 0 aromatic heterocycles. The van der Waals surface area contributed by atoms with E-state index >= 15 is 0 Å². The third kappa shape index (κ3) is 7.27. The standard InChI is InChI=1S/C33H45FN2O3/c34-29-15-13-25(14-16-29)8-7-17-33(39)18-20-35(21-19-33)22-28-23-36(24-30(28)26-9-3-1-4-10-26)31(32(37)38)27-11-5-2-6-12-27/h1,3-4,9-10,13-16,27-28,30-31,39H,2,5-8,11-12,17-24H2,(H,37,38)/t28-,30+,31+/m0/s1. The molecule has 0 radical (unpaired) electrons. The van der Waals surface area contributed by atoms with E-state index < -0.39 is 11.6 Å². The van der Waals surface area contributed by atoms with E-state index in [4.69, 9.17) is 0 Å². The van der Waals surface area contributed by atoms with E-state index in [-0.39, 0.29) is 17.8 Å². The average Bonchev–Trinajstić information content (AvgIpc) is 3.35. The largest absolute Gasteiger partial charge is 0.480 e. The molecule has 212 valence electrons. The van der Waals surface area contributed by atoms with Gasteiger partial charge in [0.25, 0.3) is 0 Å². The van der Waals surface area contributed by atoms with E-state index in [1.54, 1.807) is 0 Å². The smallest absolute Gasteiger partial charge is 0.321 e. The molecule has 3 atom stereocenters. The van der Waals surface area contributed by atoms with Crippen LogP contribution in [0.1, 0.15) is 74.8 Å². The summed E-state index contributed by atoms with van der Waals surface area (Å²) >= 11 is 0. The lowest BCUT2D eigenvalue weighted by atomic mass is 9.83. The van der Waals surface area contributed by atoms with Crippen LogP contribution in [-0.4, -0.2) is 70.3 Å². The lowest BCUT2D eigenvalue weighted by molar-refractivity contribution is -0.145. The highest BCUT2D eigenvalue weighted by Gasteiger charge is 2.43. The molecule has 2 heterocycles. The third-order valence-corrected chi connectivity index (χ3v) is 9.74. The molecule has 0 spiro atoms. The maximum absolute atomic E-state index is 13.2.